The highest BCUT2D eigenvalue weighted by Gasteiger charge is 2.23. The van der Waals surface area contributed by atoms with Crippen LogP contribution in [0.5, 0.6) is 0 Å². The van der Waals surface area contributed by atoms with Crippen LogP contribution in [-0.2, 0) is 7.05 Å². The highest BCUT2D eigenvalue weighted by atomic mass is 35.5. The SMILES string of the molecule is Cn1c(C(=O)NC(CCl)c2ccccc2)ccc1[N+](=O)[O-]. The van der Waals surface area contributed by atoms with Crippen LogP contribution < -0.4 is 5.32 Å². The molecule has 0 spiro atoms. The minimum absolute atomic E-state index is 0.137. The molecule has 7 heteroatoms. The lowest BCUT2D eigenvalue weighted by Gasteiger charge is -2.15. The molecule has 1 N–H and O–H groups in total. The second-order valence-corrected chi connectivity index (χ2v) is 4.79. The first-order valence-corrected chi connectivity index (χ1v) is 6.80. The molecule has 2 aromatic rings. The first-order valence-electron chi connectivity index (χ1n) is 6.26. The van der Waals surface area contributed by atoms with Gasteiger partial charge in [-0.25, -0.2) is 4.57 Å². The quantitative estimate of drug-likeness (QED) is 0.524. The Bertz CT molecular complexity index is 655. The van der Waals surface area contributed by atoms with Crippen LogP contribution in [0.4, 0.5) is 5.82 Å². The number of rotatable bonds is 5. The average molecular weight is 308 g/mol. The van der Waals surface area contributed by atoms with E-state index in [4.69, 9.17) is 11.6 Å². The fraction of sp³-hybridized carbons (Fsp3) is 0.214. The van der Waals surface area contributed by atoms with Gasteiger partial charge in [-0.3, -0.25) is 4.79 Å². The van der Waals surface area contributed by atoms with Crippen molar-refractivity contribution in [2.75, 3.05) is 5.88 Å². The predicted octanol–water partition coefficient (Wildman–Crippen LogP) is 2.64. The highest BCUT2D eigenvalue weighted by Crippen LogP contribution is 2.18. The molecule has 1 unspecified atom stereocenters. The Morgan fingerprint density at radius 3 is 2.52 bits per heavy atom. The second kappa shape index (κ2) is 6.41. The molecule has 0 aliphatic rings. The molecule has 2 rings (SSSR count). The third kappa shape index (κ3) is 3.22. The number of alkyl halides is 1. The number of hydrogen-bond donors (Lipinski definition) is 1. The van der Waals surface area contributed by atoms with E-state index >= 15 is 0 Å². The van der Waals surface area contributed by atoms with Crippen molar-refractivity contribution < 1.29 is 9.72 Å². The number of carbonyl (C=O) groups is 1. The van der Waals surface area contributed by atoms with Gasteiger partial charge in [0.2, 0.25) is 0 Å². The summed E-state index contributed by atoms with van der Waals surface area (Å²) in [5, 5.41) is 13.6. The van der Waals surface area contributed by atoms with E-state index in [0.717, 1.165) is 5.56 Å². The Morgan fingerprint density at radius 2 is 2.00 bits per heavy atom. The smallest absolute Gasteiger partial charge is 0.323 e. The molecule has 110 valence electrons. The van der Waals surface area contributed by atoms with Gasteiger partial charge in [-0.1, -0.05) is 30.3 Å². The van der Waals surface area contributed by atoms with Crippen molar-refractivity contribution in [3.8, 4) is 0 Å². The Kier molecular flexibility index (Phi) is 4.59. The molecular formula is C14H14ClN3O3. The molecule has 0 aliphatic heterocycles. The van der Waals surface area contributed by atoms with E-state index in [9.17, 15) is 14.9 Å². The third-order valence-electron chi connectivity index (χ3n) is 3.18. The summed E-state index contributed by atoms with van der Waals surface area (Å²) in [4.78, 5) is 22.5. The Labute approximate surface area is 126 Å². The predicted molar refractivity (Wildman–Crippen MR) is 79.4 cm³/mol. The first-order chi connectivity index (χ1) is 10.0. The number of amides is 1. The van der Waals surface area contributed by atoms with Crippen LogP contribution in [0.15, 0.2) is 42.5 Å². The average Bonchev–Trinajstić information content (AvgIpc) is 2.87. The standard InChI is InChI=1S/C14H14ClN3O3/c1-17-12(7-8-13(17)18(20)21)14(19)16-11(9-15)10-5-3-2-4-6-10/h2-8,11H,9H2,1H3,(H,16,19). The van der Waals surface area contributed by atoms with Crippen molar-refractivity contribution in [3.63, 3.8) is 0 Å². The largest absolute Gasteiger partial charge is 0.358 e. The molecule has 0 fully saturated rings. The fourth-order valence-corrected chi connectivity index (χ4v) is 2.30. The number of nitrogens with zero attached hydrogens (tertiary/aromatic N) is 2. The van der Waals surface area contributed by atoms with Gasteiger partial charge in [0.15, 0.2) is 5.69 Å². The van der Waals surface area contributed by atoms with E-state index < -0.39 is 10.8 Å². The van der Waals surface area contributed by atoms with Gasteiger partial charge in [-0.15, -0.1) is 11.6 Å². The Morgan fingerprint density at radius 1 is 1.33 bits per heavy atom. The topological polar surface area (TPSA) is 77.2 Å². The van der Waals surface area contributed by atoms with Gasteiger partial charge in [0.05, 0.1) is 13.1 Å². The lowest BCUT2D eigenvalue weighted by atomic mass is 10.1. The van der Waals surface area contributed by atoms with Gasteiger partial charge in [-0.2, -0.15) is 0 Å². The van der Waals surface area contributed by atoms with Crippen LogP contribution in [0, 0.1) is 10.1 Å². The maximum absolute atomic E-state index is 12.2. The minimum atomic E-state index is -0.535. The van der Waals surface area contributed by atoms with Crippen molar-refractivity contribution in [1.82, 2.24) is 9.88 Å². The Hall–Kier alpha value is -2.34. The molecule has 6 nitrogen and oxygen atoms in total. The van der Waals surface area contributed by atoms with Crippen LogP contribution in [-0.4, -0.2) is 21.3 Å². The number of nitro groups is 1. The molecule has 1 heterocycles. The zero-order chi connectivity index (χ0) is 15.4. The molecule has 1 aromatic heterocycles. The molecule has 1 aromatic carbocycles. The van der Waals surface area contributed by atoms with Crippen LogP contribution in [0.3, 0.4) is 0 Å². The van der Waals surface area contributed by atoms with Gasteiger partial charge in [0, 0.05) is 11.9 Å². The van der Waals surface area contributed by atoms with Gasteiger partial charge in [-0.05, 0) is 16.6 Å². The number of halogens is 1. The van der Waals surface area contributed by atoms with Crippen LogP contribution >= 0.6 is 11.6 Å². The van der Waals surface area contributed by atoms with Crippen LogP contribution in [0.2, 0.25) is 0 Å². The number of hydrogen-bond acceptors (Lipinski definition) is 3. The number of nitrogens with one attached hydrogen (secondary N) is 1. The van der Waals surface area contributed by atoms with E-state index in [-0.39, 0.29) is 23.4 Å². The number of carbonyl (C=O) groups excluding carboxylic acids is 1. The summed E-state index contributed by atoms with van der Waals surface area (Å²) in [6.07, 6.45) is 0. The zero-order valence-electron chi connectivity index (χ0n) is 11.3. The van der Waals surface area contributed by atoms with E-state index in [1.54, 1.807) is 0 Å². The summed E-state index contributed by atoms with van der Waals surface area (Å²) in [5.74, 6) is -0.329. The monoisotopic (exact) mass is 307 g/mol. The Balaban J connectivity index is 2.19. The maximum atomic E-state index is 12.2. The fourth-order valence-electron chi connectivity index (χ4n) is 2.04. The van der Waals surface area contributed by atoms with Gasteiger partial charge in [0.1, 0.15) is 0 Å². The minimum Gasteiger partial charge on any atom is -0.358 e. The lowest BCUT2D eigenvalue weighted by Crippen LogP contribution is -2.31. The molecule has 1 atom stereocenters. The van der Waals surface area contributed by atoms with E-state index in [1.165, 1.54) is 23.7 Å². The van der Waals surface area contributed by atoms with Crippen LogP contribution in [0.1, 0.15) is 22.1 Å². The molecule has 0 saturated heterocycles. The molecule has 1 amide bonds. The summed E-state index contributed by atoms with van der Waals surface area (Å²) in [5.41, 5.74) is 1.09. The molecule has 0 bridgehead atoms. The second-order valence-electron chi connectivity index (χ2n) is 4.48. The summed E-state index contributed by atoms with van der Waals surface area (Å²) in [7, 11) is 1.48. The molecule has 0 radical (unpaired) electrons. The van der Waals surface area contributed by atoms with E-state index in [2.05, 4.69) is 5.32 Å². The number of benzene rings is 1. The summed E-state index contributed by atoms with van der Waals surface area (Å²) < 4.78 is 1.24. The van der Waals surface area contributed by atoms with Crippen molar-refractivity contribution in [2.45, 2.75) is 6.04 Å². The third-order valence-corrected chi connectivity index (χ3v) is 3.49. The van der Waals surface area contributed by atoms with Crippen molar-refractivity contribution in [1.29, 1.82) is 0 Å². The van der Waals surface area contributed by atoms with E-state index in [1.807, 2.05) is 30.3 Å². The first kappa shape index (κ1) is 15.1. The molecule has 0 aliphatic carbocycles. The van der Waals surface area contributed by atoms with Gasteiger partial charge >= 0.3 is 5.82 Å². The van der Waals surface area contributed by atoms with Gasteiger partial charge in [0.25, 0.3) is 5.91 Å². The number of aromatic nitrogens is 1. The molecule has 0 saturated carbocycles. The summed E-state index contributed by atoms with van der Waals surface area (Å²) >= 11 is 5.90. The van der Waals surface area contributed by atoms with Crippen molar-refractivity contribution in [2.24, 2.45) is 7.05 Å². The summed E-state index contributed by atoms with van der Waals surface area (Å²) in [6, 6.07) is 11.7. The van der Waals surface area contributed by atoms with Crippen molar-refractivity contribution >= 4 is 23.3 Å². The normalized spacial score (nSPS) is 11.9. The maximum Gasteiger partial charge on any atom is 0.323 e. The zero-order valence-corrected chi connectivity index (χ0v) is 12.1. The van der Waals surface area contributed by atoms with Gasteiger partial charge < -0.3 is 15.4 Å². The lowest BCUT2D eigenvalue weighted by molar-refractivity contribution is -0.391. The molecular weight excluding hydrogens is 294 g/mol. The van der Waals surface area contributed by atoms with Crippen molar-refractivity contribution in [3.05, 3.63) is 63.8 Å². The summed E-state index contributed by atoms with van der Waals surface area (Å²) in [6.45, 7) is 0. The van der Waals surface area contributed by atoms with E-state index in [0.29, 0.717) is 0 Å². The molecule has 21 heavy (non-hydrogen) atoms. The highest BCUT2D eigenvalue weighted by molar-refractivity contribution is 6.18. The van der Waals surface area contributed by atoms with Crippen LogP contribution in [0.25, 0.3) is 0 Å².